The highest BCUT2D eigenvalue weighted by molar-refractivity contribution is 5.89. The summed E-state index contributed by atoms with van der Waals surface area (Å²) < 4.78 is 12.8. The molecule has 0 saturated carbocycles. The van der Waals surface area contributed by atoms with E-state index in [1.54, 1.807) is 17.0 Å². The van der Waals surface area contributed by atoms with Crippen LogP contribution in [0.2, 0.25) is 0 Å². The molecule has 1 atom stereocenters. The summed E-state index contributed by atoms with van der Waals surface area (Å²) in [6.07, 6.45) is 2.96. The number of likely N-dealkylation sites (tertiary alicyclic amines) is 1. The second-order valence-electron chi connectivity index (χ2n) is 5.76. The summed E-state index contributed by atoms with van der Waals surface area (Å²) in [5.74, 6) is -0.494. The standard InChI is InChI=1S/C17H23FN2O2/c1-2-3-9-19-17(22)14-11-16(21)20(12-14)10-8-13-4-6-15(18)7-5-13/h4-7,14H,2-3,8-12H2,1H3,(H,19,22). The lowest BCUT2D eigenvalue weighted by Gasteiger charge is -2.16. The second kappa shape index (κ2) is 7.92. The molecular formula is C17H23FN2O2. The first-order chi connectivity index (χ1) is 10.6. The average molecular weight is 306 g/mol. The van der Waals surface area contributed by atoms with Crippen molar-refractivity contribution in [3.63, 3.8) is 0 Å². The van der Waals surface area contributed by atoms with Crippen molar-refractivity contribution in [1.29, 1.82) is 0 Å². The van der Waals surface area contributed by atoms with E-state index in [-0.39, 0.29) is 23.5 Å². The number of nitrogens with zero attached hydrogens (tertiary/aromatic N) is 1. The van der Waals surface area contributed by atoms with Gasteiger partial charge >= 0.3 is 0 Å². The molecule has 4 nitrogen and oxygen atoms in total. The fourth-order valence-corrected chi connectivity index (χ4v) is 2.61. The Bertz CT molecular complexity index is 516. The van der Waals surface area contributed by atoms with Crippen LogP contribution in [-0.4, -0.2) is 36.3 Å². The van der Waals surface area contributed by atoms with Crippen molar-refractivity contribution in [3.8, 4) is 0 Å². The molecule has 120 valence electrons. The lowest BCUT2D eigenvalue weighted by atomic mass is 10.1. The second-order valence-corrected chi connectivity index (χ2v) is 5.76. The number of carbonyl (C=O) groups excluding carboxylic acids is 2. The van der Waals surface area contributed by atoms with Crippen molar-refractivity contribution in [2.45, 2.75) is 32.6 Å². The molecule has 1 fully saturated rings. The highest BCUT2D eigenvalue weighted by atomic mass is 19.1. The normalized spacial score (nSPS) is 17.8. The third-order valence-electron chi connectivity index (χ3n) is 4.00. The number of benzene rings is 1. The lowest BCUT2D eigenvalue weighted by molar-refractivity contribution is -0.129. The highest BCUT2D eigenvalue weighted by Crippen LogP contribution is 2.18. The van der Waals surface area contributed by atoms with Gasteiger partial charge in [0.05, 0.1) is 5.92 Å². The van der Waals surface area contributed by atoms with Crippen LogP contribution >= 0.6 is 0 Å². The van der Waals surface area contributed by atoms with E-state index in [2.05, 4.69) is 12.2 Å². The Kier molecular flexibility index (Phi) is 5.92. The van der Waals surface area contributed by atoms with Crippen LogP contribution in [0.25, 0.3) is 0 Å². The Morgan fingerprint density at radius 1 is 1.36 bits per heavy atom. The van der Waals surface area contributed by atoms with Crippen LogP contribution in [0.1, 0.15) is 31.7 Å². The van der Waals surface area contributed by atoms with Gasteiger partial charge in [-0.25, -0.2) is 4.39 Å². The zero-order valence-corrected chi connectivity index (χ0v) is 13.0. The van der Waals surface area contributed by atoms with Gasteiger partial charge in [-0.05, 0) is 30.5 Å². The van der Waals surface area contributed by atoms with E-state index in [4.69, 9.17) is 0 Å². The Morgan fingerprint density at radius 3 is 2.77 bits per heavy atom. The average Bonchev–Trinajstić information content (AvgIpc) is 2.88. The summed E-state index contributed by atoms with van der Waals surface area (Å²) in [7, 11) is 0. The van der Waals surface area contributed by atoms with Crippen LogP contribution in [0.5, 0.6) is 0 Å². The largest absolute Gasteiger partial charge is 0.356 e. The molecule has 1 aromatic carbocycles. The number of halogens is 1. The van der Waals surface area contributed by atoms with Crippen LogP contribution in [0, 0.1) is 11.7 Å². The van der Waals surface area contributed by atoms with Crippen molar-refractivity contribution in [3.05, 3.63) is 35.6 Å². The predicted octanol–water partition coefficient (Wildman–Crippen LogP) is 2.13. The van der Waals surface area contributed by atoms with Crippen molar-refractivity contribution >= 4 is 11.8 Å². The fraction of sp³-hybridized carbons (Fsp3) is 0.529. The third-order valence-corrected chi connectivity index (χ3v) is 4.00. The minimum Gasteiger partial charge on any atom is -0.356 e. The van der Waals surface area contributed by atoms with Crippen LogP contribution in [-0.2, 0) is 16.0 Å². The van der Waals surface area contributed by atoms with Gasteiger partial charge in [-0.2, -0.15) is 0 Å². The monoisotopic (exact) mass is 306 g/mol. The molecule has 0 spiro atoms. The summed E-state index contributed by atoms with van der Waals surface area (Å²) in [5.41, 5.74) is 0.991. The molecule has 0 bridgehead atoms. The number of nitrogens with one attached hydrogen (secondary N) is 1. The van der Waals surface area contributed by atoms with E-state index < -0.39 is 0 Å². The van der Waals surface area contributed by atoms with E-state index in [9.17, 15) is 14.0 Å². The van der Waals surface area contributed by atoms with Crippen molar-refractivity contribution < 1.29 is 14.0 Å². The molecule has 1 saturated heterocycles. The number of amides is 2. The molecule has 22 heavy (non-hydrogen) atoms. The number of hydrogen-bond acceptors (Lipinski definition) is 2. The summed E-state index contributed by atoms with van der Waals surface area (Å²) in [5, 5.41) is 2.89. The van der Waals surface area contributed by atoms with Gasteiger partial charge in [0.2, 0.25) is 11.8 Å². The summed E-state index contributed by atoms with van der Waals surface area (Å²) in [4.78, 5) is 25.7. The molecular weight excluding hydrogens is 283 g/mol. The quantitative estimate of drug-likeness (QED) is 0.785. The maximum absolute atomic E-state index is 12.8. The van der Waals surface area contributed by atoms with Gasteiger partial charge in [-0.1, -0.05) is 25.5 Å². The molecule has 1 aromatic rings. The number of unbranched alkanes of at least 4 members (excludes halogenated alkanes) is 1. The zero-order valence-electron chi connectivity index (χ0n) is 13.0. The predicted molar refractivity (Wildman–Crippen MR) is 82.7 cm³/mol. The number of carbonyl (C=O) groups is 2. The van der Waals surface area contributed by atoms with E-state index in [0.717, 1.165) is 18.4 Å². The van der Waals surface area contributed by atoms with Gasteiger partial charge in [0.25, 0.3) is 0 Å². The maximum Gasteiger partial charge on any atom is 0.225 e. The highest BCUT2D eigenvalue weighted by Gasteiger charge is 2.33. The zero-order chi connectivity index (χ0) is 15.9. The first-order valence-electron chi connectivity index (χ1n) is 7.90. The van der Waals surface area contributed by atoms with Crippen molar-refractivity contribution in [2.24, 2.45) is 5.92 Å². The van der Waals surface area contributed by atoms with Crippen LogP contribution < -0.4 is 5.32 Å². The Balaban J connectivity index is 1.79. The van der Waals surface area contributed by atoms with Gasteiger partial charge in [-0.15, -0.1) is 0 Å². The third kappa shape index (κ3) is 4.55. The first-order valence-corrected chi connectivity index (χ1v) is 7.90. The van der Waals surface area contributed by atoms with Gasteiger partial charge in [-0.3, -0.25) is 9.59 Å². The van der Waals surface area contributed by atoms with Crippen LogP contribution in [0.15, 0.2) is 24.3 Å². The molecule has 0 radical (unpaired) electrons. The molecule has 1 heterocycles. The molecule has 2 amide bonds. The van der Waals surface area contributed by atoms with Gasteiger partial charge in [0, 0.05) is 26.1 Å². The van der Waals surface area contributed by atoms with Gasteiger partial charge < -0.3 is 10.2 Å². The van der Waals surface area contributed by atoms with E-state index >= 15 is 0 Å². The van der Waals surface area contributed by atoms with Gasteiger partial charge in [0.15, 0.2) is 0 Å². The minimum atomic E-state index is -0.259. The lowest BCUT2D eigenvalue weighted by Crippen LogP contribution is -2.34. The minimum absolute atomic E-state index is 0.0221. The number of rotatable bonds is 7. The summed E-state index contributed by atoms with van der Waals surface area (Å²) >= 11 is 0. The summed E-state index contributed by atoms with van der Waals surface area (Å²) in [6, 6.07) is 6.30. The molecule has 1 aliphatic rings. The molecule has 1 N–H and O–H groups in total. The maximum atomic E-state index is 12.8. The summed E-state index contributed by atoms with van der Waals surface area (Å²) in [6.45, 7) is 3.80. The van der Waals surface area contributed by atoms with Crippen molar-refractivity contribution in [1.82, 2.24) is 10.2 Å². The molecule has 1 aliphatic heterocycles. The first kappa shape index (κ1) is 16.5. The molecule has 1 unspecified atom stereocenters. The van der Waals surface area contributed by atoms with E-state index in [1.807, 2.05) is 0 Å². The van der Waals surface area contributed by atoms with E-state index in [1.165, 1.54) is 12.1 Å². The fourth-order valence-electron chi connectivity index (χ4n) is 2.61. The topological polar surface area (TPSA) is 49.4 Å². The number of hydrogen-bond donors (Lipinski definition) is 1. The molecule has 5 heteroatoms. The van der Waals surface area contributed by atoms with Crippen LogP contribution in [0.3, 0.4) is 0 Å². The molecule has 2 rings (SSSR count). The molecule has 0 aromatic heterocycles. The Morgan fingerprint density at radius 2 is 2.09 bits per heavy atom. The molecule has 0 aliphatic carbocycles. The Labute approximate surface area is 130 Å². The van der Waals surface area contributed by atoms with E-state index in [0.29, 0.717) is 32.5 Å². The van der Waals surface area contributed by atoms with Crippen LogP contribution in [0.4, 0.5) is 4.39 Å². The Hall–Kier alpha value is -1.91. The smallest absolute Gasteiger partial charge is 0.225 e. The SMILES string of the molecule is CCCCNC(=O)C1CC(=O)N(CCc2ccc(F)cc2)C1. The van der Waals surface area contributed by atoms with Crippen molar-refractivity contribution in [2.75, 3.05) is 19.6 Å². The van der Waals surface area contributed by atoms with Gasteiger partial charge in [0.1, 0.15) is 5.82 Å².